The van der Waals surface area contributed by atoms with Crippen LogP contribution < -0.4 is 4.74 Å². The van der Waals surface area contributed by atoms with E-state index >= 15 is 0 Å². The summed E-state index contributed by atoms with van der Waals surface area (Å²) < 4.78 is 8.13. The van der Waals surface area contributed by atoms with Crippen LogP contribution in [0.2, 0.25) is 5.02 Å². The average Bonchev–Trinajstić information content (AvgIpc) is 3.02. The topological polar surface area (TPSA) is 47.4 Å². The molecule has 2 heterocycles. The number of imidazole rings is 1. The lowest BCUT2D eigenvalue weighted by Gasteiger charge is -2.37. The largest absolute Gasteiger partial charge is 0.478 e. The molecule has 1 aromatic carbocycles. The van der Waals surface area contributed by atoms with E-state index in [9.17, 15) is 4.79 Å². The molecule has 5 nitrogen and oxygen atoms in total. The number of halogens is 1. The summed E-state index contributed by atoms with van der Waals surface area (Å²) in [7, 11) is 0. The number of amides is 1. The lowest BCUT2D eigenvalue weighted by atomic mass is 9.95. The monoisotopic (exact) mass is 375 g/mol. The molecule has 3 rings (SSSR count). The van der Waals surface area contributed by atoms with Gasteiger partial charge in [0.05, 0.1) is 0 Å². The third-order valence-electron chi connectivity index (χ3n) is 4.98. The third kappa shape index (κ3) is 4.39. The molecule has 0 unspecified atom stereocenters. The van der Waals surface area contributed by atoms with Crippen molar-refractivity contribution in [3.63, 3.8) is 0 Å². The van der Waals surface area contributed by atoms with Gasteiger partial charge in [0.2, 0.25) is 0 Å². The molecule has 2 aromatic rings. The molecule has 1 aliphatic heterocycles. The van der Waals surface area contributed by atoms with E-state index in [-0.39, 0.29) is 5.91 Å². The summed E-state index contributed by atoms with van der Waals surface area (Å²) >= 11 is 5.90. The van der Waals surface area contributed by atoms with Gasteiger partial charge in [0.1, 0.15) is 11.6 Å². The van der Waals surface area contributed by atoms with Crippen LogP contribution in [0, 0.1) is 12.8 Å². The summed E-state index contributed by atoms with van der Waals surface area (Å²) in [5.74, 6) is 2.30. The molecule has 0 bridgehead atoms. The van der Waals surface area contributed by atoms with Crippen LogP contribution in [-0.4, -0.2) is 39.0 Å². The maximum Gasteiger partial charge on any atom is 0.266 e. The van der Waals surface area contributed by atoms with E-state index in [0.29, 0.717) is 16.7 Å². The number of carbonyl (C=O) groups excluding carboxylic acids is 1. The average molecular weight is 376 g/mol. The Kier molecular flexibility index (Phi) is 5.56. The molecule has 0 atom stereocenters. The molecule has 0 aliphatic carbocycles. The SMILES string of the molecule is Cc1nccn1CC1CCN(C(=O)C(C)(C)Oc2ccc(Cl)cc2)CC1. The van der Waals surface area contributed by atoms with Crippen LogP contribution in [0.15, 0.2) is 36.7 Å². The molecule has 6 heteroatoms. The molecular formula is C20H26ClN3O2. The number of benzene rings is 1. The second kappa shape index (κ2) is 7.70. The summed E-state index contributed by atoms with van der Waals surface area (Å²) in [6.07, 6.45) is 5.86. The van der Waals surface area contributed by atoms with Gasteiger partial charge in [-0.25, -0.2) is 4.98 Å². The van der Waals surface area contributed by atoms with E-state index in [1.807, 2.05) is 38.1 Å². The van der Waals surface area contributed by atoms with Gasteiger partial charge in [-0.1, -0.05) is 11.6 Å². The molecule has 0 N–H and O–H groups in total. The molecule has 1 aliphatic rings. The Bertz CT molecular complexity index is 747. The number of ether oxygens (including phenoxy) is 1. The highest BCUT2D eigenvalue weighted by Gasteiger charge is 2.36. The molecule has 1 saturated heterocycles. The fourth-order valence-corrected chi connectivity index (χ4v) is 3.54. The summed E-state index contributed by atoms with van der Waals surface area (Å²) in [6, 6.07) is 7.11. The van der Waals surface area contributed by atoms with Crippen LogP contribution in [0.5, 0.6) is 5.75 Å². The van der Waals surface area contributed by atoms with Gasteiger partial charge in [0, 0.05) is 37.1 Å². The van der Waals surface area contributed by atoms with Gasteiger partial charge in [-0.3, -0.25) is 4.79 Å². The van der Waals surface area contributed by atoms with Crippen molar-refractivity contribution in [2.45, 2.75) is 45.8 Å². The number of hydrogen-bond acceptors (Lipinski definition) is 3. The normalized spacial score (nSPS) is 15.9. The minimum Gasteiger partial charge on any atom is -0.478 e. The van der Waals surface area contributed by atoms with Gasteiger partial charge < -0.3 is 14.2 Å². The van der Waals surface area contributed by atoms with Gasteiger partial charge in [-0.05, 0) is 63.8 Å². The van der Waals surface area contributed by atoms with Crippen molar-refractivity contribution < 1.29 is 9.53 Å². The maximum atomic E-state index is 12.9. The fraction of sp³-hybridized carbons (Fsp3) is 0.500. The van der Waals surface area contributed by atoms with Crippen LogP contribution in [-0.2, 0) is 11.3 Å². The smallest absolute Gasteiger partial charge is 0.266 e. The number of rotatable bonds is 5. The van der Waals surface area contributed by atoms with Crippen LogP contribution in [0.1, 0.15) is 32.5 Å². The van der Waals surface area contributed by atoms with Crippen molar-refractivity contribution in [1.29, 1.82) is 0 Å². The van der Waals surface area contributed by atoms with Gasteiger partial charge in [0.25, 0.3) is 5.91 Å². The molecule has 0 saturated carbocycles. The summed E-state index contributed by atoms with van der Waals surface area (Å²) in [5, 5.41) is 0.650. The minimum atomic E-state index is -0.901. The first kappa shape index (κ1) is 18.8. The summed E-state index contributed by atoms with van der Waals surface area (Å²) in [6.45, 7) is 8.18. The van der Waals surface area contributed by atoms with Crippen molar-refractivity contribution >= 4 is 17.5 Å². The molecule has 1 aromatic heterocycles. The number of nitrogens with zero attached hydrogens (tertiary/aromatic N) is 3. The minimum absolute atomic E-state index is 0.0321. The highest BCUT2D eigenvalue weighted by molar-refractivity contribution is 6.30. The molecule has 0 spiro atoms. The molecule has 0 radical (unpaired) electrons. The highest BCUT2D eigenvalue weighted by Crippen LogP contribution is 2.25. The standard InChI is InChI=1S/C20H26ClN3O2/c1-15-22-10-13-24(15)14-16-8-11-23(12-9-16)19(25)20(2,3)26-18-6-4-17(21)5-7-18/h4-7,10,13,16H,8-9,11-12,14H2,1-3H3. The Morgan fingerprint density at radius 1 is 1.27 bits per heavy atom. The van der Waals surface area contributed by atoms with Crippen LogP contribution in [0.25, 0.3) is 0 Å². The quantitative estimate of drug-likeness (QED) is 0.795. The molecule has 140 valence electrons. The number of carbonyl (C=O) groups is 1. The zero-order valence-electron chi connectivity index (χ0n) is 15.6. The Morgan fingerprint density at radius 2 is 1.92 bits per heavy atom. The summed E-state index contributed by atoms with van der Waals surface area (Å²) in [5.41, 5.74) is -0.901. The molecule has 1 fully saturated rings. The Labute approximate surface area is 159 Å². The van der Waals surface area contributed by atoms with Crippen molar-refractivity contribution in [3.05, 3.63) is 47.5 Å². The van der Waals surface area contributed by atoms with Gasteiger partial charge >= 0.3 is 0 Å². The first-order chi connectivity index (χ1) is 12.3. The highest BCUT2D eigenvalue weighted by atomic mass is 35.5. The van der Waals surface area contributed by atoms with Crippen molar-refractivity contribution in [2.75, 3.05) is 13.1 Å². The number of aromatic nitrogens is 2. The maximum absolute atomic E-state index is 12.9. The third-order valence-corrected chi connectivity index (χ3v) is 5.23. The van der Waals surface area contributed by atoms with E-state index in [1.54, 1.807) is 24.3 Å². The lowest BCUT2D eigenvalue weighted by Crippen LogP contribution is -2.51. The van der Waals surface area contributed by atoms with Crippen LogP contribution in [0.4, 0.5) is 0 Å². The van der Waals surface area contributed by atoms with Crippen molar-refractivity contribution in [2.24, 2.45) is 5.92 Å². The van der Waals surface area contributed by atoms with E-state index in [4.69, 9.17) is 16.3 Å². The van der Waals surface area contributed by atoms with E-state index in [0.717, 1.165) is 38.3 Å². The van der Waals surface area contributed by atoms with Gasteiger partial charge in [-0.15, -0.1) is 0 Å². The molecule has 26 heavy (non-hydrogen) atoms. The zero-order valence-corrected chi connectivity index (χ0v) is 16.4. The number of hydrogen-bond donors (Lipinski definition) is 0. The zero-order chi connectivity index (χ0) is 18.7. The molecule has 1 amide bonds. The first-order valence-corrected chi connectivity index (χ1v) is 9.44. The second-order valence-corrected chi connectivity index (χ2v) is 7.87. The fourth-order valence-electron chi connectivity index (χ4n) is 3.42. The first-order valence-electron chi connectivity index (χ1n) is 9.07. The summed E-state index contributed by atoms with van der Waals surface area (Å²) in [4.78, 5) is 19.1. The Morgan fingerprint density at radius 3 is 2.50 bits per heavy atom. The predicted molar refractivity (Wildman–Crippen MR) is 102 cm³/mol. The second-order valence-electron chi connectivity index (χ2n) is 7.43. The van der Waals surface area contributed by atoms with Crippen LogP contribution in [0.3, 0.4) is 0 Å². The van der Waals surface area contributed by atoms with Crippen molar-refractivity contribution in [3.8, 4) is 5.75 Å². The number of likely N-dealkylation sites (tertiary alicyclic amines) is 1. The van der Waals surface area contributed by atoms with E-state index in [1.165, 1.54) is 0 Å². The van der Waals surface area contributed by atoms with E-state index < -0.39 is 5.60 Å². The number of aryl methyl sites for hydroxylation is 1. The Balaban J connectivity index is 1.55. The predicted octanol–water partition coefficient (Wildman–Crippen LogP) is 3.94. The van der Waals surface area contributed by atoms with Crippen LogP contribution >= 0.6 is 11.6 Å². The van der Waals surface area contributed by atoms with Gasteiger partial charge in [-0.2, -0.15) is 0 Å². The van der Waals surface area contributed by atoms with Gasteiger partial charge in [0.15, 0.2) is 5.60 Å². The lowest BCUT2D eigenvalue weighted by molar-refractivity contribution is -0.147. The molecular weight excluding hydrogens is 350 g/mol. The number of piperidine rings is 1. The Hall–Kier alpha value is -2.01. The van der Waals surface area contributed by atoms with Crippen molar-refractivity contribution in [1.82, 2.24) is 14.5 Å². The van der Waals surface area contributed by atoms with E-state index in [2.05, 4.69) is 9.55 Å².